The zero-order valence-corrected chi connectivity index (χ0v) is 21.3. The molecule has 0 saturated carbocycles. The SMILES string of the molecule is O=[N+]([O-])c1ccc(Br)cc1-c1ccc2c(c1)c(-c1ccccc1)c(-c1ccccc1)n2-c1ccccc1. The predicted octanol–water partition coefficient (Wildman–Crippen LogP) is 9.30. The molecule has 0 aliphatic rings. The molecule has 0 atom stereocenters. The number of rotatable bonds is 5. The molecule has 4 nitrogen and oxygen atoms in total. The molecule has 0 spiro atoms. The van der Waals surface area contributed by atoms with E-state index in [2.05, 4.69) is 69.0 Å². The first-order chi connectivity index (χ1) is 18.1. The van der Waals surface area contributed by atoms with Crippen molar-refractivity contribution >= 4 is 32.5 Å². The predicted molar refractivity (Wildman–Crippen MR) is 154 cm³/mol. The van der Waals surface area contributed by atoms with Crippen LogP contribution in [0.5, 0.6) is 0 Å². The Bertz CT molecular complexity index is 1740. The Morgan fingerprint density at radius 2 is 1.27 bits per heavy atom. The second-order valence-corrected chi connectivity index (χ2v) is 9.69. The molecule has 0 aliphatic carbocycles. The van der Waals surface area contributed by atoms with E-state index in [9.17, 15) is 10.1 Å². The maximum atomic E-state index is 11.9. The smallest absolute Gasteiger partial charge is 0.277 e. The number of aromatic nitrogens is 1. The molecule has 0 aliphatic heterocycles. The van der Waals surface area contributed by atoms with Crippen LogP contribution < -0.4 is 0 Å². The van der Waals surface area contributed by atoms with Crippen molar-refractivity contribution in [1.29, 1.82) is 0 Å². The first-order valence-electron chi connectivity index (χ1n) is 11.9. The van der Waals surface area contributed by atoms with Crippen molar-refractivity contribution in [3.05, 3.63) is 142 Å². The van der Waals surface area contributed by atoms with Crippen molar-refractivity contribution in [3.8, 4) is 39.2 Å². The summed E-state index contributed by atoms with van der Waals surface area (Å²) in [5.74, 6) is 0. The Morgan fingerprint density at radius 1 is 0.649 bits per heavy atom. The van der Waals surface area contributed by atoms with Crippen molar-refractivity contribution in [1.82, 2.24) is 4.57 Å². The van der Waals surface area contributed by atoms with Gasteiger partial charge in [-0.3, -0.25) is 10.1 Å². The van der Waals surface area contributed by atoms with Gasteiger partial charge in [0.15, 0.2) is 0 Å². The summed E-state index contributed by atoms with van der Waals surface area (Å²) in [4.78, 5) is 11.5. The van der Waals surface area contributed by atoms with Crippen LogP contribution in [0.15, 0.2) is 132 Å². The van der Waals surface area contributed by atoms with Gasteiger partial charge in [0.1, 0.15) is 0 Å². The molecule has 0 fully saturated rings. The van der Waals surface area contributed by atoms with Gasteiger partial charge < -0.3 is 4.57 Å². The largest absolute Gasteiger partial charge is 0.309 e. The molecule has 37 heavy (non-hydrogen) atoms. The highest BCUT2D eigenvalue weighted by Crippen LogP contribution is 2.44. The number of nitro groups is 1. The van der Waals surface area contributed by atoms with Gasteiger partial charge >= 0.3 is 0 Å². The lowest BCUT2D eigenvalue weighted by atomic mass is 9.96. The molecule has 0 unspecified atom stereocenters. The lowest BCUT2D eigenvalue weighted by Gasteiger charge is -2.13. The molecule has 6 aromatic rings. The molecule has 0 bridgehead atoms. The second-order valence-electron chi connectivity index (χ2n) is 8.78. The van der Waals surface area contributed by atoms with Crippen molar-refractivity contribution in [2.24, 2.45) is 0 Å². The topological polar surface area (TPSA) is 48.1 Å². The van der Waals surface area contributed by atoms with Gasteiger partial charge in [0, 0.05) is 27.2 Å². The van der Waals surface area contributed by atoms with Crippen molar-refractivity contribution < 1.29 is 4.92 Å². The molecule has 6 rings (SSSR count). The van der Waals surface area contributed by atoms with Crippen LogP contribution in [0.4, 0.5) is 5.69 Å². The van der Waals surface area contributed by atoms with E-state index in [1.54, 1.807) is 12.1 Å². The van der Waals surface area contributed by atoms with Crippen LogP contribution in [0.3, 0.4) is 0 Å². The molecular formula is C32H21BrN2O2. The molecular weight excluding hydrogens is 524 g/mol. The number of nitro benzene ring substituents is 1. The van der Waals surface area contributed by atoms with Gasteiger partial charge in [-0.15, -0.1) is 0 Å². The van der Waals surface area contributed by atoms with Crippen LogP contribution in [0.25, 0.3) is 50.1 Å². The summed E-state index contributed by atoms with van der Waals surface area (Å²) in [7, 11) is 0. The number of halogens is 1. The maximum absolute atomic E-state index is 11.9. The molecule has 0 N–H and O–H groups in total. The summed E-state index contributed by atoms with van der Waals surface area (Å²) in [6.07, 6.45) is 0. The molecule has 0 radical (unpaired) electrons. The van der Waals surface area contributed by atoms with Crippen molar-refractivity contribution in [2.45, 2.75) is 0 Å². The van der Waals surface area contributed by atoms with Gasteiger partial charge in [0.05, 0.1) is 21.7 Å². The van der Waals surface area contributed by atoms with Crippen LogP contribution >= 0.6 is 15.9 Å². The molecule has 1 aromatic heterocycles. The fraction of sp³-hybridized carbons (Fsp3) is 0. The van der Waals surface area contributed by atoms with Gasteiger partial charge in [0.2, 0.25) is 0 Å². The summed E-state index contributed by atoms with van der Waals surface area (Å²) in [6.45, 7) is 0. The van der Waals surface area contributed by atoms with E-state index in [0.717, 1.165) is 49.0 Å². The van der Waals surface area contributed by atoms with Crippen LogP contribution in [-0.4, -0.2) is 9.49 Å². The Hall–Kier alpha value is -4.48. The first kappa shape index (κ1) is 23.0. The maximum Gasteiger partial charge on any atom is 0.277 e. The van der Waals surface area contributed by atoms with Crippen LogP contribution in [0.1, 0.15) is 0 Å². The van der Waals surface area contributed by atoms with Crippen LogP contribution in [0, 0.1) is 10.1 Å². The number of benzene rings is 5. The third-order valence-corrected chi connectivity index (χ3v) is 7.05. The average molecular weight is 545 g/mol. The van der Waals surface area contributed by atoms with E-state index in [1.807, 2.05) is 66.7 Å². The molecule has 0 saturated heterocycles. The average Bonchev–Trinajstić information content (AvgIpc) is 3.29. The minimum Gasteiger partial charge on any atom is -0.309 e. The number of hydrogen-bond donors (Lipinski definition) is 0. The summed E-state index contributed by atoms with van der Waals surface area (Å²) >= 11 is 3.49. The lowest BCUT2D eigenvalue weighted by Crippen LogP contribution is -1.97. The molecule has 5 aromatic carbocycles. The molecule has 5 heteroatoms. The first-order valence-corrected chi connectivity index (χ1v) is 12.7. The van der Waals surface area contributed by atoms with E-state index in [-0.39, 0.29) is 10.6 Å². The summed E-state index contributed by atoms with van der Waals surface area (Å²) in [6, 6.07) is 42.2. The van der Waals surface area contributed by atoms with Crippen molar-refractivity contribution in [2.75, 3.05) is 0 Å². The highest BCUT2D eigenvalue weighted by Gasteiger charge is 2.23. The van der Waals surface area contributed by atoms with E-state index in [0.29, 0.717) is 5.56 Å². The summed E-state index contributed by atoms with van der Waals surface area (Å²) in [5, 5.41) is 12.9. The van der Waals surface area contributed by atoms with E-state index in [1.165, 1.54) is 0 Å². The van der Waals surface area contributed by atoms with Crippen molar-refractivity contribution in [3.63, 3.8) is 0 Å². The zero-order valence-electron chi connectivity index (χ0n) is 19.7. The quantitative estimate of drug-likeness (QED) is 0.160. The molecule has 0 amide bonds. The van der Waals surface area contributed by atoms with Gasteiger partial charge in [-0.2, -0.15) is 0 Å². The Morgan fingerprint density at radius 3 is 1.92 bits per heavy atom. The highest BCUT2D eigenvalue weighted by atomic mass is 79.9. The minimum absolute atomic E-state index is 0.0783. The number of fused-ring (bicyclic) bond motifs is 1. The third kappa shape index (κ3) is 4.13. The van der Waals surface area contributed by atoms with Crippen LogP contribution in [0.2, 0.25) is 0 Å². The van der Waals surface area contributed by atoms with E-state index < -0.39 is 0 Å². The summed E-state index contributed by atoms with van der Waals surface area (Å²) in [5.41, 5.74) is 7.88. The normalized spacial score (nSPS) is 11.1. The second kappa shape index (κ2) is 9.52. The minimum atomic E-state index is -0.325. The summed E-state index contributed by atoms with van der Waals surface area (Å²) < 4.78 is 3.08. The number of nitrogens with zero attached hydrogens (tertiary/aromatic N) is 2. The third-order valence-electron chi connectivity index (χ3n) is 6.56. The van der Waals surface area contributed by atoms with E-state index in [4.69, 9.17) is 0 Å². The van der Waals surface area contributed by atoms with E-state index >= 15 is 0 Å². The van der Waals surface area contributed by atoms with Gasteiger partial charge in [-0.25, -0.2) is 0 Å². The fourth-order valence-electron chi connectivity index (χ4n) is 4.97. The number of para-hydroxylation sites is 1. The standard InChI is InChI=1S/C32H21BrN2O2/c33-25-17-19-30(35(36)37)27(21-25)24-16-18-29-28(20-24)31(22-10-4-1-5-11-22)32(23-12-6-2-7-13-23)34(29)26-14-8-3-9-15-26/h1-21H. The Balaban J connectivity index is 1.75. The van der Waals surface area contributed by atoms with Gasteiger partial charge in [-0.05, 0) is 53.1 Å². The highest BCUT2D eigenvalue weighted by molar-refractivity contribution is 9.10. The lowest BCUT2D eigenvalue weighted by molar-refractivity contribution is -0.384. The Kier molecular flexibility index (Phi) is 5.91. The van der Waals surface area contributed by atoms with Gasteiger partial charge in [-0.1, -0.05) is 101 Å². The number of hydrogen-bond acceptors (Lipinski definition) is 2. The fourth-order valence-corrected chi connectivity index (χ4v) is 5.33. The molecule has 178 valence electrons. The zero-order chi connectivity index (χ0) is 25.4. The monoisotopic (exact) mass is 544 g/mol. The van der Waals surface area contributed by atoms with Crippen LogP contribution in [-0.2, 0) is 0 Å². The van der Waals surface area contributed by atoms with Gasteiger partial charge in [0.25, 0.3) is 5.69 Å². The Labute approximate surface area is 222 Å². The molecule has 1 heterocycles.